The second-order valence-corrected chi connectivity index (χ2v) is 29.3. The van der Waals surface area contributed by atoms with Gasteiger partial charge in [0.25, 0.3) is 0 Å². The van der Waals surface area contributed by atoms with Crippen LogP contribution in [0.15, 0.2) is 54.6 Å². The molecule has 0 atom stereocenters. The molecule has 0 aliphatic rings. The summed E-state index contributed by atoms with van der Waals surface area (Å²) in [5, 5.41) is 4.20. The third-order valence-electron chi connectivity index (χ3n) is 23.4. The lowest BCUT2D eigenvalue weighted by Gasteiger charge is -2.28. The van der Waals surface area contributed by atoms with Crippen LogP contribution in [-0.2, 0) is 0 Å². The number of benzene rings is 9. The third-order valence-corrected chi connectivity index (χ3v) is 26.0. The van der Waals surface area contributed by atoms with Gasteiger partial charge < -0.3 is 0 Å². The monoisotopic (exact) mass is 1140 g/mol. The summed E-state index contributed by atoms with van der Waals surface area (Å²) >= 11 is 0. The minimum Gasteiger partial charge on any atom is -0.0545 e. The maximum atomic E-state index is 2.67. The van der Waals surface area contributed by atoms with Gasteiger partial charge in [0.05, 0.1) is 0 Å². The van der Waals surface area contributed by atoms with E-state index in [2.05, 4.69) is 262 Å². The molecule has 0 N–H and O–H groups in total. The van der Waals surface area contributed by atoms with Crippen LogP contribution < -0.4 is 15.6 Å². The predicted octanol–water partition coefficient (Wildman–Crippen LogP) is 21.5. The molecule has 0 saturated heterocycles. The molecule has 1 radical (unpaired) electrons. The van der Waals surface area contributed by atoms with Crippen molar-refractivity contribution < 1.29 is 0 Å². The van der Waals surface area contributed by atoms with E-state index in [1.54, 1.807) is 0 Å². The first kappa shape index (κ1) is 62.7. The highest BCUT2D eigenvalue weighted by Gasteiger charge is 2.30. The standard InChI is InChI=1S/C84H99Si/c1-40-46(7)58(19)79(59(20)47(40)8)70-31-71(80-60(21)48(9)41(2)49(10)61(80)22)35-76(34-70)85(77-36-72(81-62(23)50(11)42(3)51(12)63(81)24)32-73(37-77)82-64(25)52(13)43(4)53(14)65(82)26)78-38-74(83-66(27)54(15)44(5)55(16)67(83)28)33-75(39-78)84-68(29)56(17)45(6)57(18)69(84)30/h31-39H,1-30H3. The molecule has 9 rings (SSSR count). The molecule has 0 fully saturated rings. The molecule has 0 saturated carbocycles. The molecular weight excluding hydrogens is 1040 g/mol. The second-order valence-electron chi connectivity index (χ2n) is 26.8. The van der Waals surface area contributed by atoms with Gasteiger partial charge in [-0.25, -0.2) is 0 Å². The van der Waals surface area contributed by atoms with E-state index < -0.39 is 8.80 Å². The quantitative estimate of drug-likeness (QED) is 0.0998. The highest BCUT2D eigenvalue weighted by Crippen LogP contribution is 2.44. The maximum Gasteiger partial charge on any atom is 0.154 e. The van der Waals surface area contributed by atoms with Crippen molar-refractivity contribution in [2.45, 2.75) is 208 Å². The Kier molecular flexibility index (Phi) is 16.8. The Labute approximate surface area is 517 Å². The molecule has 0 aliphatic heterocycles. The minimum atomic E-state index is -1.97. The van der Waals surface area contributed by atoms with Crippen molar-refractivity contribution in [1.82, 2.24) is 0 Å². The highest BCUT2D eigenvalue weighted by atomic mass is 28.3. The van der Waals surface area contributed by atoms with Crippen molar-refractivity contribution in [3.05, 3.63) is 222 Å². The molecule has 0 heterocycles. The van der Waals surface area contributed by atoms with Crippen LogP contribution >= 0.6 is 0 Å². The van der Waals surface area contributed by atoms with Gasteiger partial charge in [-0.2, -0.15) is 0 Å². The van der Waals surface area contributed by atoms with Crippen LogP contribution in [-0.4, -0.2) is 8.80 Å². The van der Waals surface area contributed by atoms with E-state index in [1.807, 2.05) is 0 Å². The van der Waals surface area contributed by atoms with Gasteiger partial charge in [-0.3, -0.25) is 0 Å². The van der Waals surface area contributed by atoms with Crippen molar-refractivity contribution in [2.24, 2.45) is 0 Å². The summed E-state index contributed by atoms with van der Waals surface area (Å²) in [5.41, 5.74) is 57.4. The normalized spacial score (nSPS) is 11.8. The molecule has 0 aliphatic carbocycles. The van der Waals surface area contributed by atoms with E-state index in [-0.39, 0.29) is 0 Å². The first-order valence-electron chi connectivity index (χ1n) is 31.4. The van der Waals surface area contributed by atoms with Gasteiger partial charge in [-0.05, 0) is 475 Å². The average molecular weight is 1140 g/mol. The van der Waals surface area contributed by atoms with Crippen molar-refractivity contribution in [2.75, 3.05) is 0 Å². The van der Waals surface area contributed by atoms with Crippen LogP contribution in [0.5, 0.6) is 0 Å². The topological polar surface area (TPSA) is 0 Å². The molecule has 0 aromatic heterocycles. The first-order valence-corrected chi connectivity index (χ1v) is 32.9. The molecule has 0 bridgehead atoms. The smallest absolute Gasteiger partial charge is 0.0545 e. The summed E-state index contributed by atoms with van der Waals surface area (Å²) in [7, 11) is -1.97. The molecule has 9 aromatic rings. The van der Waals surface area contributed by atoms with Crippen LogP contribution in [0.3, 0.4) is 0 Å². The van der Waals surface area contributed by atoms with E-state index in [0.29, 0.717) is 0 Å². The van der Waals surface area contributed by atoms with E-state index in [4.69, 9.17) is 0 Å². The van der Waals surface area contributed by atoms with Gasteiger partial charge in [0, 0.05) is 0 Å². The lowest BCUT2D eigenvalue weighted by molar-refractivity contribution is 1.17. The van der Waals surface area contributed by atoms with Crippen molar-refractivity contribution in [3.63, 3.8) is 0 Å². The molecule has 0 nitrogen and oxygen atoms in total. The lowest BCUT2D eigenvalue weighted by Crippen LogP contribution is -2.52. The molecule has 0 amide bonds. The second kappa shape index (κ2) is 22.8. The Balaban J connectivity index is 1.59. The van der Waals surface area contributed by atoms with Gasteiger partial charge in [0.15, 0.2) is 8.80 Å². The van der Waals surface area contributed by atoms with E-state index in [1.165, 1.54) is 249 Å². The molecule has 1 heteroatoms. The van der Waals surface area contributed by atoms with Crippen LogP contribution in [0, 0.1) is 208 Å². The lowest BCUT2D eigenvalue weighted by atomic mass is 9.83. The summed E-state index contributed by atoms with van der Waals surface area (Å²) in [5.74, 6) is 0. The Hall–Kier alpha value is -6.80. The zero-order chi connectivity index (χ0) is 62.9. The van der Waals surface area contributed by atoms with Gasteiger partial charge in [-0.1, -0.05) is 36.4 Å². The highest BCUT2D eigenvalue weighted by molar-refractivity contribution is 6.95. The zero-order valence-electron chi connectivity index (χ0n) is 58.2. The molecular formula is C84H99Si. The Morgan fingerprint density at radius 3 is 0.329 bits per heavy atom. The molecule has 0 unspecified atom stereocenters. The fourth-order valence-corrected chi connectivity index (χ4v) is 18.1. The summed E-state index contributed by atoms with van der Waals surface area (Å²) in [4.78, 5) is 0. The Morgan fingerprint density at radius 2 is 0.224 bits per heavy atom. The molecule has 439 valence electrons. The maximum absolute atomic E-state index is 2.67. The Bertz CT molecular complexity index is 3480. The van der Waals surface area contributed by atoms with Crippen molar-refractivity contribution >= 4 is 24.4 Å². The number of rotatable bonds is 9. The summed E-state index contributed by atoms with van der Waals surface area (Å²) < 4.78 is 0. The van der Waals surface area contributed by atoms with Gasteiger partial charge in [-0.15, -0.1) is 0 Å². The summed E-state index contributed by atoms with van der Waals surface area (Å²) in [6.07, 6.45) is 0. The van der Waals surface area contributed by atoms with Crippen molar-refractivity contribution in [1.29, 1.82) is 0 Å². The van der Waals surface area contributed by atoms with Crippen LogP contribution in [0.1, 0.15) is 167 Å². The fraction of sp³-hybridized carbons (Fsp3) is 0.357. The number of hydrogen-bond donors (Lipinski definition) is 0. The van der Waals surface area contributed by atoms with E-state index in [0.717, 1.165) is 0 Å². The largest absolute Gasteiger partial charge is 0.154 e. The van der Waals surface area contributed by atoms with Crippen molar-refractivity contribution in [3.8, 4) is 66.8 Å². The SMILES string of the molecule is Cc1c(C)c(C)c(-c2cc(-c3c(C)c(C)c(C)c(C)c3C)cc([Si](c3cc(-c4c(C)c(C)c(C)c(C)c4C)cc(-c4c(C)c(C)c(C)c(C)c4C)c3)c3cc(-c4c(C)c(C)c(C)c(C)c4C)cc(-c4c(C)c(C)c(C)c(C)c4C)c3)c2)c(C)c1C. The van der Waals surface area contributed by atoms with Gasteiger partial charge in [0.1, 0.15) is 0 Å². The predicted molar refractivity (Wildman–Crippen MR) is 379 cm³/mol. The third kappa shape index (κ3) is 9.97. The number of hydrogen-bond acceptors (Lipinski definition) is 0. The minimum absolute atomic E-state index is 1.31. The molecule has 0 spiro atoms. The van der Waals surface area contributed by atoms with Gasteiger partial charge in [0.2, 0.25) is 0 Å². The molecule has 9 aromatic carbocycles. The van der Waals surface area contributed by atoms with E-state index >= 15 is 0 Å². The van der Waals surface area contributed by atoms with E-state index in [9.17, 15) is 0 Å². The summed E-state index contributed by atoms with van der Waals surface area (Å²) in [6.45, 7) is 70.6. The first-order chi connectivity index (χ1) is 39.7. The van der Waals surface area contributed by atoms with Crippen LogP contribution in [0.2, 0.25) is 0 Å². The summed E-state index contributed by atoms with van der Waals surface area (Å²) in [6, 6.07) is 23.7. The zero-order valence-corrected chi connectivity index (χ0v) is 59.2. The van der Waals surface area contributed by atoms with Crippen LogP contribution in [0.25, 0.3) is 66.8 Å². The Morgan fingerprint density at radius 1 is 0.129 bits per heavy atom. The van der Waals surface area contributed by atoms with Crippen LogP contribution in [0.4, 0.5) is 0 Å². The van der Waals surface area contributed by atoms with Gasteiger partial charge >= 0.3 is 0 Å². The average Bonchev–Trinajstić information content (AvgIpc) is 2.17. The molecule has 85 heavy (non-hydrogen) atoms. The fourth-order valence-electron chi connectivity index (χ4n) is 15.3.